The maximum Gasteiger partial charge on any atom is 0.126 e. The molecule has 3 nitrogen and oxygen atoms in total. The van der Waals surface area contributed by atoms with Gasteiger partial charge in [-0.2, -0.15) is 0 Å². The normalized spacial score (nSPS) is 16.4. The number of phenolic OH excluding ortho intramolecular Hbond substituents is 1. The number of benzene rings is 2. The van der Waals surface area contributed by atoms with E-state index in [1.807, 2.05) is 24.3 Å². The number of hydrogen-bond acceptors (Lipinski definition) is 3. The fraction of sp³-hybridized carbons (Fsp3) is 0.412. The predicted octanol–water partition coefficient (Wildman–Crippen LogP) is 3.10. The van der Waals surface area contributed by atoms with E-state index in [0.717, 1.165) is 41.6 Å². The quantitative estimate of drug-likeness (QED) is 0.901. The van der Waals surface area contributed by atoms with Crippen molar-refractivity contribution in [2.45, 2.75) is 19.3 Å². The van der Waals surface area contributed by atoms with Crippen LogP contribution in [0, 0.1) is 5.92 Å². The van der Waals surface area contributed by atoms with Gasteiger partial charge in [0.15, 0.2) is 0 Å². The average molecular weight is 271 g/mol. The molecule has 3 rings (SSSR count). The maximum absolute atomic E-state index is 10.5. The third-order valence-electron chi connectivity index (χ3n) is 4.26. The van der Waals surface area contributed by atoms with Crippen molar-refractivity contribution in [1.29, 1.82) is 0 Å². The standard InChI is InChI=1S/C17H21NO2/c1-20-16-4-2-3-15-14(16)6-5-13(17(15)19)11-12-7-9-18-10-8-12/h2-6,12,18-19H,7-11H2,1H3. The molecule has 1 saturated heterocycles. The van der Waals surface area contributed by atoms with Gasteiger partial charge in [0.05, 0.1) is 7.11 Å². The Labute approximate surface area is 119 Å². The van der Waals surface area contributed by atoms with E-state index >= 15 is 0 Å². The molecule has 0 unspecified atom stereocenters. The van der Waals surface area contributed by atoms with Gasteiger partial charge in [0.25, 0.3) is 0 Å². The maximum atomic E-state index is 10.5. The smallest absolute Gasteiger partial charge is 0.126 e. The lowest BCUT2D eigenvalue weighted by molar-refractivity contribution is 0.367. The van der Waals surface area contributed by atoms with Crippen LogP contribution in [0.1, 0.15) is 18.4 Å². The molecule has 2 aromatic carbocycles. The van der Waals surface area contributed by atoms with Crippen LogP contribution in [-0.4, -0.2) is 25.3 Å². The van der Waals surface area contributed by atoms with Crippen molar-refractivity contribution >= 4 is 10.8 Å². The zero-order valence-electron chi connectivity index (χ0n) is 11.9. The van der Waals surface area contributed by atoms with E-state index < -0.39 is 0 Å². The van der Waals surface area contributed by atoms with Crippen LogP contribution in [0.25, 0.3) is 10.8 Å². The van der Waals surface area contributed by atoms with Gasteiger partial charge in [0, 0.05) is 10.8 Å². The Morgan fingerprint density at radius 3 is 2.70 bits per heavy atom. The van der Waals surface area contributed by atoms with Crippen molar-refractivity contribution in [3.05, 3.63) is 35.9 Å². The largest absolute Gasteiger partial charge is 0.507 e. The molecule has 2 N–H and O–H groups in total. The van der Waals surface area contributed by atoms with E-state index in [4.69, 9.17) is 4.74 Å². The van der Waals surface area contributed by atoms with Crippen LogP contribution in [0.15, 0.2) is 30.3 Å². The molecular formula is C17H21NO2. The number of nitrogens with one attached hydrogen (secondary N) is 1. The number of phenols is 1. The summed E-state index contributed by atoms with van der Waals surface area (Å²) in [6.07, 6.45) is 3.34. The molecule has 0 aromatic heterocycles. The lowest BCUT2D eigenvalue weighted by atomic mass is 9.89. The van der Waals surface area contributed by atoms with Gasteiger partial charge < -0.3 is 15.2 Å². The summed E-state index contributed by atoms with van der Waals surface area (Å²) in [4.78, 5) is 0. The molecule has 1 aliphatic heterocycles. The van der Waals surface area contributed by atoms with E-state index in [2.05, 4.69) is 11.4 Å². The monoisotopic (exact) mass is 271 g/mol. The van der Waals surface area contributed by atoms with Crippen LogP contribution >= 0.6 is 0 Å². The third-order valence-corrected chi connectivity index (χ3v) is 4.26. The van der Waals surface area contributed by atoms with Gasteiger partial charge in [-0.1, -0.05) is 24.3 Å². The van der Waals surface area contributed by atoms with Crippen molar-refractivity contribution in [3.63, 3.8) is 0 Å². The zero-order valence-corrected chi connectivity index (χ0v) is 11.9. The molecular weight excluding hydrogens is 250 g/mol. The summed E-state index contributed by atoms with van der Waals surface area (Å²) in [5, 5.41) is 15.8. The number of fused-ring (bicyclic) bond motifs is 1. The van der Waals surface area contributed by atoms with Crippen molar-refractivity contribution in [2.24, 2.45) is 5.92 Å². The molecule has 0 aliphatic carbocycles. The molecule has 1 heterocycles. The Hall–Kier alpha value is -1.74. The highest BCUT2D eigenvalue weighted by Gasteiger charge is 2.17. The Balaban J connectivity index is 1.94. The molecule has 0 spiro atoms. The molecule has 0 amide bonds. The first-order chi connectivity index (χ1) is 9.79. The minimum Gasteiger partial charge on any atom is -0.507 e. The van der Waals surface area contributed by atoms with E-state index in [1.54, 1.807) is 7.11 Å². The zero-order chi connectivity index (χ0) is 13.9. The second kappa shape index (κ2) is 5.71. The fourth-order valence-corrected chi connectivity index (χ4v) is 3.10. The lowest BCUT2D eigenvalue weighted by Gasteiger charge is -2.23. The third kappa shape index (κ3) is 2.46. The van der Waals surface area contributed by atoms with Crippen molar-refractivity contribution in [2.75, 3.05) is 20.2 Å². The van der Waals surface area contributed by atoms with Gasteiger partial charge in [-0.3, -0.25) is 0 Å². The average Bonchev–Trinajstić information content (AvgIpc) is 2.51. The molecule has 2 aromatic rings. The number of rotatable bonds is 3. The van der Waals surface area contributed by atoms with E-state index in [9.17, 15) is 5.11 Å². The van der Waals surface area contributed by atoms with Crippen LogP contribution in [0.2, 0.25) is 0 Å². The Kier molecular flexibility index (Phi) is 3.79. The van der Waals surface area contributed by atoms with Crippen molar-refractivity contribution < 1.29 is 9.84 Å². The summed E-state index contributed by atoms with van der Waals surface area (Å²) in [5.41, 5.74) is 1.05. The summed E-state index contributed by atoms with van der Waals surface area (Å²) >= 11 is 0. The highest BCUT2D eigenvalue weighted by Crippen LogP contribution is 2.35. The topological polar surface area (TPSA) is 41.5 Å². The summed E-state index contributed by atoms with van der Waals surface area (Å²) in [6, 6.07) is 9.91. The molecule has 0 bridgehead atoms. The predicted molar refractivity (Wildman–Crippen MR) is 81.5 cm³/mol. The molecule has 0 saturated carbocycles. The van der Waals surface area contributed by atoms with Gasteiger partial charge >= 0.3 is 0 Å². The van der Waals surface area contributed by atoms with Gasteiger partial charge in [0.1, 0.15) is 11.5 Å². The second-order valence-electron chi connectivity index (χ2n) is 5.53. The molecule has 1 fully saturated rings. The summed E-state index contributed by atoms with van der Waals surface area (Å²) in [5.74, 6) is 1.90. The Bertz CT molecular complexity index is 603. The van der Waals surface area contributed by atoms with Gasteiger partial charge in [0.2, 0.25) is 0 Å². The Morgan fingerprint density at radius 1 is 1.15 bits per heavy atom. The minimum atomic E-state index is 0.417. The van der Waals surface area contributed by atoms with E-state index in [-0.39, 0.29) is 0 Å². The van der Waals surface area contributed by atoms with Crippen LogP contribution in [0.5, 0.6) is 11.5 Å². The first-order valence-electron chi connectivity index (χ1n) is 7.28. The van der Waals surface area contributed by atoms with Crippen molar-refractivity contribution in [3.8, 4) is 11.5 Å². The molecule has 106 valence electrons. The van der Waals surface area contributed by atoms with Gasteiger partial charge in [-0.15, -0.1) is 0 Å². The molecule has 0 radical (unpaired) electrons. The summed E-state index contributed by atoms with van der Waals surface area (Å²) in [6.45, 7) is 2.18. The SMILES string of the molecule is COc1cccc2c(O)c(CC3CCNCC3)ccc12. The van der Waals surface area contributed by atoms with E-state index in [0.29, 0.717) is 11.7 Å². The number of piperidine rings is 1. The number of hydrogen-bond donors (Lipinski definition) is 2. The molecule has 1 aliphatic rings. The first kappa shape index (κ1) is 13.3. The number of methoxy groups -OCH3 is 1. The fourth-order valence-electron chi connectivity index (χ4n) is 3.10. The lowest BCUT2D eigenvalue weighted by Crippen LogP contribution is -2.28. The van der Waals surface area contributed by atoms with Crippen LogP contribution in [0.4, 0.5) is 0 Å². The molecule has 3 heteroatoms. The van der Waals surface area contributed by atoms with Gasteiger partial charge in [-0.05, 0) is 49.9 Å². The van der Waals surface area contributed by atoms with Crippen LogP contribution in [-0.2, 0) is 6.42 Å². The molecule has 20 heavy (non-hydrogen) atoms. The highest BCUT2D eigenvalue weighted by atomic mass is 16.5. The van der Waals surface area contributed by atoms with Crippen LogP contribution in [0.3, 0.4) is 0 Å². The summed E-state index contributed by atoms with van der Waals surface area (Å²) < 4.78 is 5.35. The second-order valence-corrected chi connectivity index (χ2v) is 5.53. The minimum absolute atomic E-state index is 0.417. The number of aromatic hydroxyl groups is 1. The van der Waals surface area contributed by atoms with E-state index in [1.165, 1.54) is 12.8 Å². The summed E-state index contributed by atoms with van der Waals surface area (Å²) in [7, 11) is 1.66. The first-order valence-corrected chi connectivity index (χ1v) is 7.28. The van der Waals surface area contributed by atoms with Crippen molar-refractivity contribution in [1.82, 2.24) is 5.32 Å². The molecule has 0 atom stereocenters. The van der Waals surface area contributed by atoms with Crippen LogP contribution < -0.4 is 10.1 Å². The number of ether oxygens (including phenoxy) is 1. The Morgan fingerprint density at radius 2 is 1.95 bits per heavy atom. The highest BCUT2D eigenvalue weighted by molar-refractivity contribution is 5.93. The van der Waals surface area contributed by atoms with Gasteiger partial charge in [-0.25, -0.2) is 0 Å².